The first-order chi connectivity index (χ1) is 11.8. The topological polar surface area (TPSA) is 127 Å². The van der Waals surface area contributed by atoms with Crippen molar-refractivity contribution in [3.8, 4) is 5.75 Å². The average molecular weight is 343 g/mol. The Kier molecular flexibility index (Phi) is 5.63. The number of hydrogen-bond donors (Lipinski definition) is 3. The van der Waals surface area contributed by atoms with Gasteiger partial charge in [0.15, 0.2) is 5.78 Å². The van der Waals surface area contributed by atoms with Crippen LogP contribution in [0.2, 0.25) is 0 Å². The standard InChI is InChI=1S/C18H17NO6/c1-10(20)25-14-9-5-4-8-13(14)16(21)11-6-2-3-7-12(11)17(22)15(19)18(23)24/h2-9,15,17,22H,19H2,1H3,(H,23,24). The zero-order chi connectivity index (χ0) is 18.6. The van der Waals surface area contributed by atoms with E-state index in [1.54, 1.807) is 24.3 Å². The third-order valence-electron chi connectivity index (χ3n) is 3.53. The summed E-state index contributed by atoms with van der Waals surface area (Å²) in [5, 5.41) is 19.2. The lowest BCUT2D eigenvalue weighted by Gasteiger charge is -2.18. The number of ether oxygens (including phenoxy) is 1. The summed E-state index contributed by atoms with van der Waals surface area (Å²) in [4.78, 5) is 35.1. The number of carbonyl (C=O) groups is 3. The second-order valence-corrected chi connectivity index (χ2v) is 5.32. The first-order valence-corrected chi connectivity index (χ1v) is 7.40. The Hall–Kier alpha value is -3.03. The minimum absolute atomic E-state index is 0.0753. The van der Waals surface area contributed by atoms with Crippen LogP contribution in [-0.2, 0) is 9.59 Å². The van der Waals surface area contributed by atoms with Crippen molar-refractivity contribution in [3.63, 3.8) is 0 Å². The summed E-state index contributed by atoms with van der Waals surface area (Å²) in [6.45, 7) is 1.21. The van der Waals surface area contributed by atoms with Crippen LogP contribution in [0.4, 0.5) is 0 Å². The number of ketones is 1. The quantitative estimate of drug-likeness (QED) is 0.410. The molecule has 0 saturated carbocycles. The molecule has 0 fully saturated rings. The van der Waals surface area contributed by atoms with Crippen LogP contribution in [0, 0.1) is 0 Å². The monoisotopic (exact) mass is 343 g/mol. The van der Waals surface area contributed by atoms with Gasteiger partial charge in [-0.25, -0.2) is 0 Å². The molecule has 25 heavy (non-hydrogen) atoms. The summed E-state index contributed by atoms with van der Waals surface area (Å²) in [6, 6.07) is 10.6. The zero-order valence-corrected chi connectivity index (χ0v) is 13.4. The van der Waals surface area contributed by atoms with Crippen LogP contribution in [-0.4, -0.2) is 34.0 Å². The summed E-state index contributed by atoms with van der Waals surface area (Å²) in [6.07, 6.45) is -1.57. The van der Waals surface area contributed by atoms with Gasteiger partial charge in [-0.05, 0) is 17.7 Å². The molecule has 2 aromatic carbocycles. The molecule has 0 aliphatic rings. The minimum atomic E-state index is -1.59. The molecule has 2 rings (SSSR count). The van der Waals surface area contributed by atoms with Gasteiger partial charge in [0.2, 0.25) is 0 Å². The number of aliphatic hydroxyl groups excluding tert-OH is 1. The van der Waals surface area contributed by atoms with E-state index in [4.69, 9.17) is 15.6 Å². The van der Waals surface area contributed by atoms with Gasteiger partial charge in [-0.15, -0.1) is 0 Å². The molecule has 0 radical (unpaired) electrons. The fourth-order valence-electron chi connectivity index (χ4n) is 2.33. The number of rotatable bonds is 6. The molecular weight excluding hydrogens is 326 g/mol. The zero-order valence-electron chi connectivity index (χ0n) is 13.4. The molecule has 0 aromatic heterocycles. The van der Waals surface area contributed by atoms with Gasteiger partial charge in [-0.3, -0.25) is 14.4 Å². The second-order valence-electron chi connectivity index (χ2n) is 5.32. The number of carboxylic acid groups (broad SMARTS) is 1. The van der Waals surface area contributed by atoms with Crippen LogP contribution in [0.3, 0.4) is 0 Å². The Labute approximate surface area is 143 Å². The number of carboxylic acids is 1. The van der Waals surface area contributed by atoms with Crippen molar-refractivity contribution in [1.82, 2.24) is 0 Å². The predicted octanol–water partition coefficient (Wildman–Crippen LogP) is 1.29. The Bertz CT molecular complexity index is 817. The lowest BCUT2D eigenvalue weighted by atomic mass is 9.92. The molecule has 7 nitrogen and oxygen atoms in total. The SMILES string of the molecule is CC(=O)Oc1ccccc1C(=O)c1ccccc1C(O)C(N)C(=O)O. The van der Waals surface area contributed by atoms with Gasteiger partial charge in [0.05, 0.1) is 5.56 Å². The van der Waals surface area contributed by atoms with Gasteiger partial charge in [0.1, 0.15) is 17.9 Å². The molecule has 0 bridgehead atoms. The lowest BCUT2D eigenvalue weighted by Crippen LogP contribution is -2.37. The molecule has 4 N–H and O–H groups in total. The number of benzene rings is 2. The summed E-state index contributed by atoms with van der Waals surface area (Å²) in [5.41, 5.74) is 5.74. The summed E-state index contributed by atoms with van der Waals surface area (Å²) >= 11 is 0. The van der Waals surface area contributed by atoms with Crippen LogP contribution >= 0.6 is 0 Å². The van der Waals surface area contributed by atoms with Gasteiger partial charge in [-0.2, -0.15) is 0 Å². The smallest absolute Gasteiger partial charge is 0.323 e. The van der Waals surface area contributed by atoms with E-state index in [1.807, 2.05) is 0 Å². The molecule has 2 unspecified atom stereocenters. The van der Waals surface area contributed by atoms with E-state index in [0.29, 0.717) is 0 Å². The predicted molar refractivity (Wildman–Crippen MR) is 88.2 cm³/mol. The fraction of sp³-hybridized carbons (Fsp3) is 0.167. The third-order valence-corrected chi connectivity index (χ3v) is 3.53. The number of para-hydroxylation sites is 1. The third kappa shape index (κ3) is 4.09. The van der Waals surface area contributed by atoms with Crippen molar-refractivity contribution in [2.24, 2.45) is 5.73 Å². The molecule has 0 saturated heterocycles. The Morgan fingerprint density at radius 3 is 2.16 bits per heavy atom. The van der Waals surface area contributed by atoms with Gasteiger partial charge >= 0.3 is 11.9 Å². The van der Waals surface area contributed by atoms with Gasteiger partial charge in [-0.1, -0.05) is 36.4 Å². The van der Waals surface area contributed by atoms with Crippen LogP contribution < -0.4 is 10.5 Å². The highest BCUT2D eigenvalue weighted by Crippen LogP contribution is 2.27. The van der Waals surface area contributed by atoms with E-state index in [-0.39, 0.29) is 22.4 Å². The van der Waals surface area contributed by atoms with Crippen LogP contribution in [0.1, 0.15) is 34.5 Å². The van der Waals surface area contributed by atoms with Gasteiger partial charge in [0.25, 0.3) is 0 Å². The van der Waals surface area contributed by atoms with Crippen molar-refractivity contribution in [1.29, 1.82) is 0 Å². The largest absolute Gasteiger partial charge is 0.480 e. The maximum absolute atomic E-state index is 12.9. The number of aliphatic carboxylic acids is 1. The molecule has 130 valence electrons. The number of esters is 1. The molecule has 0 aliphatic carbocycles. The normalized spacial score (nSPS) is 12.9. The highest BCUT2D eigenvalue weighted by molar-refractivity contribution is 6.12. The molecule has 7 heteroatoms. The van der Waals surface area contributed by atoms with E-state index in [1.165, 1.54) is 31.2 Å². The van der Waals surface area contributed by atoms with Crippen molar-refractivity contribution in [3.05, 3.63) is 65.2 Å². The van der Waals surface area contributed by atoms with Gasteiger partial charge < -0.3 is 20.7 Å². The van der Waals surface area contributed by atoms with E-state index in [0.717, 1.165) is 0 Å². The van der Waals surface area contributed by atoms with Crippen molar-refractivity contribution in [2.75, 3.05) is 0 Å². The molecule has 0 amide bonds. The lowest BCUT2D eigenvalue weighted by molar-refractivity contribution is -0.141. The number of hydrogen-bond acceptors (Lipinski definition) is 6. The first-order valence-electron chi connectivity index (χ1n) is 7.40. The molecule has 2 aromatic rings. The fourth-order valence-corrected chi connectivity index (χ4v) is 2.33. The summed E-state index contributed by atoms with van der Waals surface area (Å²) in [7, 11) is 0. The number of nitrogens with two attached hydrogens (primary N) is 1. The highest BCUT2D eigenvalue weighted by atomic mass is 16.5. The van der Waals surface area contributed by atoms with Crippen molar-refractivity contribution >= 4 is 17.7 Å². The number of aliphatic hydroxyl groups is 1. The van der Waals surface area contributed by atoms with E-state index in [2.05, 4.69) is 0 Å². The first kappa shape index (κ1) is 18.3. The maximum Gasteiger partial charge on any atom is 0.323 e. The van der Waals surface area contributed by atoms with Crippen molar-refractivity contribution < 1.29 is 29.3 Å². The summed E-state index contributed by atoms with van der Waals surface area (Å²) < 4.78 is 5.03. The summed E-state index contributed by atoms with van der Waals surface area (Å²) in [5.74, 6) is -2.42. The highest BCUT2D eigenvalue weighted by Gasteiger charge is 2.28. The molecular formula is C18H17NO6. The van der Waals surface area contributed by atoms with E-state index in [9.17, 15) is 19.5 Å². The molecule has 0 heterocycles. The van der Waals surface area contributed by atoms with E-state index >= 15 is 0 Å². The molecule has 2 atom stereocenters. The minimum Gasteiger partial charge on any atom is -0.480 e. The van der Waals surface area contributed by atoms with Crippen LogP contribution in [0.25, 0.3) is 0 Å². The number of carbonyl (C=O) groups excluding carboxylic acids is 2. The molecule has 0 spiro atoms. The van der Waals surface area contributed by atoms with Gasteiger partial charge in [0, 0.05) is 12.5 Å². The van der Waals surface area contributed by atoms with Crippen molar-refractivity contribution in [2.45, 2.75) is 19.1 Å². The Balaban J connectivity index is 2.48. The van der Waals surface area contributed by atoms with E-state index < -0.39 is 29.9 Å². The molecule has 0 aliphatic heterocycles. The second kappa shape index (κ2) is 7.69. The average Bonchev–Trinajstić information content (AvgIpc) is 2.59. The Morgan fingerprint density at radius 2 is 1.56 bits per heavy atom. The van der Waals surface area contributed by atoms with Crippen LogP contribution in [0.5, 0.6) is 5.75 Å². The van der Waals surface area contributed by atoms with Crippen LogP contribution in [0.15, 0.2) is 48.5 Å². The Morgan fingerprint density at radius 1 is 1.00 bits per heavy atom. The maximum atomic E-state index is 12.9.